The third kappa shape index (κ3) is 2.54. The fraction of sp³-hybridized carbons (Fsp3) is 0.100. The van der Waals surface area contributed by atoms with Crippen LogP contribution in [-0.4, -0.2) is 21.0 Å². The van der Waals surface area contributed by atoms with Gasteiger partial charge in [-0.25, -0.2) is 0 Å². The van der Waals surface area contributed by atoms with E-state index in [9.17, 15) is 14.9 Å². The van der Waals surface area contributed by atoms with E-state index in [2.05, 4.69) is 20.9 Å². The molecule has 0 bridgehead atoms. The fourth-order valence-electron chi connectivity index (χ4n) is 1.54. The number of aromatic nitrogens is 2. The molecule has 0 radical (unpaired) electrons. The topological polar surface area (TPSA) is 149 Å². The molecule has 20 heavy (non-hydrogen) atoms. The van der Waals surface area contributed by atoms with Crippen molar-refractivity contribution < 1.29 is 14.1 Å². The molecule has 104 valence electrons. The van der Waals surface area contributed by atoms with Crippen molar-refractivity contribution >= 4 is 23.3 Å². The summed E-state index contributed by atoms with van der Waals surface area (Å²) in [5.74, 6) is 4.85. The number of carbonyl (C=O) groups excluding carboxylic acids is 1. The molecule has 1 aromatic carbocycles. The minimum absolute atomic E-state index is 0.0162. The van der Waals surface area contributed by atoms with Crippen LogP contribution in [0.1, 0.15) is 16.2 Å². The molecule has 4 N–H and O–H groups in total. The molecule has 1 aromatic heterocycles. The SMILES string of the molecule is Cc1nnc(NC(=O)c2cccc([N+](=O)[O-])c2NN)o1. The number of benzene rings is 1. The Bertz CT molecular complexity index is 668. The first kappa shape index (κ1) is 13.4. The van der Waals surface area contributed by atoms with Crippen LogP contribution in [0.25, 0.3) is 0 Å². The first-order chi connectivity index (χ1) is 9.52. The summed E-state index contributed by atoms with van der Waals surface area (Å²) < 4.78 is 4.99. The van der Waals surface area contributed by atoms with Crippen LogP contribution in [0, 0.1) is 17.0 Å². The molecule has 2 aromatic rings. The van der Waals surface area contributed by atoms with Crippen molar-refractivity contribution in [2.45, 2.75) is 6.92 Å². The zero-order chi connectivity index (χ0) is 14.7. The minimum Gasteiger partial charge on any atom is -0.408 e. The molecular weight excluding hydrogens is 268 g/mol. The number of rotatable bonds is 4. The predicted molar refractivity (Wildman–Crippen MR) is 67.9 cm³/mol. The molecule has 0 saturated heterocycles. The summed E-state index contributed by atoms with van der Waals surface area (Å²) in [5.41, 5.74) is 1.71. The lowest BCUT2D eigenvalue weighted by atomic mass is 10.1. The number of para-hydroxylation sites is 1. The molecule has 10 nitrogen and oxygen atoms in total. The van der Waals surface area contributed by atoms with Crippen molar-refractivity contribution in [3.05, 3.63) is 39.8 Å². The maximum atomic E-state index is 12.0. The number of carbonyl (C=O) groups is 1. The van der Waals surface area contributed by atoms with E-state index >= 15 is 0 Å². The van der Waals surface area contributed by atoms with Gasteiger partial charge in [0.25, 0.3) is 11.6 Å². The van der Waals surface area contributed by atoms with Gasteiger partial charge >= 0.3 is 6.01 Å². The van der Waals surface area contributed by atoms with E-state index in [1.54, 1.807) is 6.92 Å². The molecule has 0 spiro atoms. The lowest BCUT2D eigenvalue weighted by molar-refractivity contribution is -0.384. The average Bonchev–Trinajstić information content (AvgIpc) is 2.82. The highest BCUT2D eigenvalue weighted by Gasteiger charge is 2.21. The minimum atomic E-state index is -0.662. The zero-order valence-corrected chi connectivity index (χ0v) is 10.3. The zero-order valence-electron chi connectivity index (χ0n) is 10.3. The van der Waals surface area contributed by atoms with Gasteiger partial charge in [-0.3, -0.25) is 26.1 Å². The summed E-state index contributed by atoms with van der Waals surface area (Å²) in [7, 11) is 0. The Labute approximate surface area is 112 Å². The van der Waals surface area contributed by atoms with Gasteiger partial charge in [0, 0.05) is 13.0 Å². The van der Waals surface area contributed by atoms with Crippen LogP contribution in [0.5, 0.6) is 0 Å². The number of hydrazine groups is 1. The molecule has 0 saturated carbocycles. The fourth-order valence-corrected chi connectivity index (χ4v) is 1.54. The number of nitrogens with two attached hydrogens (primary N) is 1. The van der Waals surface area contributed by atoms with Crippen molar-refractivity contribution in [3.63, 3.8) is 0 Å². The van der Waals surface area contributed by atoms with Crippen LogP contribution in [-0.2, 0) is 0 Å². The van der Waals surface area contributed by atoms with Gasteiger partial charge in [0.1, 0.15) is 5.69 Å². The van der Waals surface area contributed by atoms with Gasteiger partial charge in [0.2, 0.25) is 5.89 Å². The van der Waals surface area contributed by atoms with E-state index in [1.165, 1.54) is 18.2 Å². The maximum Gasteiger partial charge on any atom is 0.322 e. The van der Waals surface area contributed by atoms with Crippen molar-refractivity contribution in [2.24, 2.45) is 5.84 Å². The Kier molecular flexibility index (Phi) is 3.57. The van der Waals surface area contributed by atoms with E-state index in [1.807, 2.05) is 0 Å². The summed E-state index contributed by atoms with van der Waals surface area (Å²) in [5, 5.41) is 20.3. The van der Waals surface area contributed by atoms with Crippen LogP contribution >= 0.6 is 0 Å². The van der Waals surface area contributed by atoms with Gasteiger partial charge in [-0.05, 0) is 6.07 Å². The van der Waals surface area contributed by atoms with Gasteiger partial charge in [-0.15, -0.1) is 5.10 Å². The molecule has 0 atom stereocenters. The Balaban J connectivity index is 2.34. The van der Waals surface area contributed by atoms with Crippen LogP contribution in [0.4, 0.5) is 17.4 Å². The highest BCUT2D eigenvalue weighted by molar-refractivity contribution is 6.08. The lowest BCUT2D eigenvalue weighted by Gasteiger charge is -2.07. The predicted octanol–water partition coefficient (Wildman–Crippen LogP) is 0.824. The standard InChI is InChI=1S/C10H10N6O4/c1-5-14-15-10(20-5)12-9(17)6-3-2-4-7(16(18)19)8(6)13-11/h2-4,13H,11H2,1H3,(H,12,15,17). The highest BCUT2D eigenvalue weighted by Crippen LogP contribution is 2.27. The Morgan fingerprint density at radius 2 is 2.20 bits per heavy atom. The van der Waals surface area contributed by atoms with Gasteiger partial charge in [-0.1, -0.05) is 11.2 Å². The third-order valence-electron chi connectivity index (χ3n) is 2.37. The number of nitro groups is 1. The van der Waals surface area contributed by atoms with E-state index in [-0.39, 0.29) is 28.8 Å². The number of nitro benzene ring substituents is 1. The summed E-state index contributed by atoms with van der Waals surface area (Å²) >= 11 is 0. The quantitative estimate of drug-likeness (QED) is 0.422. The highest BCUT2D eigenvalue weighted by atomic mass is 16.6. The van der Waals surface area contributed by atoms with Crippen LogP contribution in [0.3, 0.4) is 0 Å². The van der Waals surface area contributed by atoms with Crippen LogP contribution in [0.2, 0.25) is 0 Å². The second-order valence-corrected chi connectivity index (χ2v) is 3.68. The Morgan fingerprint density at radius 3 is 2.75 bits per heavy atom. The Morgan fingerprint density at radius 1 is 1.45 bits per heavy atom. The van der Waals surface area contributed by atoms with Crippen LogP contribution < -0.4 is 16.6 Å². The molecule has 2 rings (SSSR count). The molecule has 0 aliphatic carbocycles. The van der Waals surface area contributed by atoms with Crippen molar-refractivity contribution in [1.82, 2.24) is 10.2 Å². The molecular formula is C10H10N6O4. The number of nitrogens with zero attached hydrogens (tertiary/aromatic N) is 3. The van der Waals surface area contributed by atoms with Gasteiger partial charge in [0.05, 0.1) is 10.5 Å². The number of anilines is 2. The van der Waals surface area contributed by atoms with E-state index in [4.69, 9.17) is 10.3 Å². The van der Waals surface area contributed by atoms with Crippen molar-refractivity contribution in [1.29, 1.82) is 0 Å². The molecule has 0 fully saturated rings. The van der Waals surface area contributed by atoms with E-state index in [0.29, 0.717) is 0 Å². The third-order valence-corrected chi connectivity index (χ3v) is 2.37. The number of hydrogen-bond acceptors (Lipinski definition) is 8. The first-order valence-corrected chi connectivity index (χ1v) is 5.38. The first-order valence-electron chi connectivity index (χ1n) is 5.38. The molecule has 1 heterocycles. The van der Waals surface area contributed by atoms with Gasteiger partial charge < -0.3 is 9.84 Å². The summed E-state index contributed by atoms with van der Waals surface area (Å²) in [6.45, 7) is 1.56. The normalized spacial score (nSPS) is 10.1. The van der Waals surface area contributed by atoms with Crippen molar-refractivity contribution in [3.8, 4) is 0 Å². The maximum absolute atomic E-state index is 12.0. The Hall–Kier alpha value is -3.01. The molecule has 10 heteroatoms. The summed E-state index contributed by atoms with van der Waals surface area (Å²) in [6.07, 6.45) is 0. The number of nitrogen functional groups attached to an aromatic ring is 1. The second-order valence-electron chi connectivity index (χ2n) is 3.68. The van der Waals surface area contributed by atoms with E-state index < -0.39 is 10.8 Å². The number of hydrogen-bond donors (Lipinski definition) is 3. The average molecular weight is 278 g/mol. The summed E-state index contributed by atoms with van der Waals surface area (Å²) in [6, 6.07) is 3.86. The number of aryl methyl sites for hydroxylation is 1. The monoisotopic (exact) mass is 278 g/mol. The molecule has 1 amide bonds. The molecule has 0 aliphatic rings. The van der Waals surface area contributed by atoms with E-state index in [0.717, 1.165) is 0 Å². The lowest BCUT2D eigenvalue weighted by Crippen LogP contribution is -2.18. The molecule has 0 unspecified atom stereocenters. The number of nitrogens with one attached hydrogen (secondary N) is 2. The summed E-state index contributed by atoms with van der Waals surface area (Å²) in [4.78, 5) is 22.2. The van der Waals surface area contributed by atoms with Gasteiger partial charge in [-0.2, -0.15) is 0 Å². The number of amides is 1. The largest absolute Gasteiger partial charge is 0.408 e. The van der Waals surface area contributed by atoms with Gasteiger partial charge in [0.15, 0.2) is 0 Å². The van der Waals surface area contributed by atoms with Crippen LogP contribution in [0.15, 0.2) is 22.6 Å². The van der Waals surface area contributed by atoms with Crippen molar-refractivity contribution in [2.75, 3.05) is 10.7 Å². The second kappa shape index (κ2) is 5.32. The smallest absolute Gasteiger partial charge is 0.322 e. The molecule has 0 aliphatic heterocycles.